The van der Waals surface area contributed by atoms with Crippen molar-refractivity contribution in [3.05, 3.63) is 23.3 Å². The Morgan fingerprint density at radius 2 is 1.81 bits per heavy atom. The van der Waals surface area contributed by atoms with Gasteiger partial charge in [-0.1, -0.05) is 6.07 Å². The predicted octanol–water partition coefficient (Wildman–Crippen LogP) is -0.200. The Kier molecular flexibility index (Phi) is 6.26. The number of hydrogen-bond acceptors (Lipinski definition) is 9. The van der Waals surface area contributed by atoms with E-state index in [0.717, 1.165) is 24.9 Å². The molecule has 0 unspecified atom stereocenters. The number of Topliss-reactive ketones (excluding diaryl/α,β-unsaturated/α-hetero) is 1. The summed E-state index contributed by atoms with van der Waals surface area (Å²) in [6, 6.07) is 4.05. The van der Waals surface area contributed by atoms with Gasteiger partial charge in [0, 0.05) is 18.0 Å². The molecule has 12 nitrogen and oxygen atoms in total. The molecule has 1 saturated carbocycles. The molecule has 0 amide bonds. The zero-order valence-corrected chi connectivity index (χ0v) is 19.9. The van der Waals surface area contributed by atoms with E-state index in [1.807, 2.05) is 6.07 Å². The smallest absolute Gasteiger partial charge is 0.336 e. The lowest BCUT2D eigenvalue weighted by molar-refractivity contribution is -0.185. The van der Waals surface area contributed by atoms with Gasteiger partial charge < -0.3 is 39.9 Å². The standard InChI is InChI=1S/C18H21NO4.C6H8O7/c1-19-8-7-17-14-10-3-4-12(22-2)15(14)23-16(17)11(20)5-6-18(17,21)13(19)9-10;7-3(8)1-6(13,5(11)12)2-4(9)10/h3-4,13,16,21H,5-9H2,1-2H3;13H,1-2H2,(H,7,8)(H,9,10)(H,11,12)/t13-,16+,17+,18-;/m1./s1. The van der Waals surface area contributed by atoms with Crippen LogP contribution in [0.25, 0.3) is 0 Å². The Labute approximate surface area is 206 Å². The zero-order valence-electron chi connectivity index (χ0n) is 19.9. The molecule has 1 spiro atoms. The Balaban J connectivity index is 0.000000203. The van der Waals surface area contributed by atoms with Crippen LogP contribution in [0, 0.1) is 0 Å². The van der Waals surface area contributed by atoms with E-state index in [1.165, 1.54) is 5.56 Å². The molecule has 1 saturated heterocycles. The number of methoxy groups -OCH3 is 1. The second kappa shape index (κ2) is 8.71. The number of hydrogen-bond donors (Lipinski definition) is 5. The molecule has 5 N–H and O–H groups in total. The van der Waals surface area contributed by atoms with Gasteiger partial charge in [-0.2, -0.15) is 0 Å². The molecule has 0 radical (unpaired) electrons. The summed E-state index contributed by atoms with van der Waals surface area (Å²) in [4.78, 5) is 45.4. The van der Waals surface area contributed by atoms with Gasteiger partial charge in [-0.15, -0.1) is 0 Å². The summed E-state index contributed by atoms with van der Waals surface area (Å²) in [5.41, 5.74) is -2.00. The molecule has 0 aromatic heterocycles. The summed E-state index contributed by atoms with van der Waals surface area (Å²) < 4.78 is 11.6. The van der Waals surface area contributed by atoms with Crippen molar-refractivity contribution in [1.29, 1.82) is 0 Å². The zero-order chi connectivity index (χ0) is 26.6. The maximum absolute atomic E-state index is 12.7. The normalized spacial score (nSPS) is 29.8. The first kappa shape index (κ1) is 25.9. The number of aliphatic carboxylic acids is 3. The van der Waals surface area contributed by atoms with Gasteiger partial charge in [0.05, 0.1) is 31.0 Å². The van der Waals surface area contributed by atoms with E-state index in [-0.39, 0.29) is 11.8 Å². The SMILES string of the molecule is COc1ccc2c3c1O[C@H]1C(=O)CC[C@@]4(O)[C@@H](C2)N(C)CC[C@]314.O=C(O)CC(O)(CC(=O)O)C(=O)O. The van der Waals surface area contributed by atoms with Gasteiger partial charge >= 0.3 is 17.9 Å². The number of carboxylic acids is 3. The van der Waals surface area contributed by atoms with Crippen molar-refractivity contribution in [3.8, 4) is 11.5 Å². The lowest BCUT2D eigenvalue weighted by Crippen LogP contribution is -2.76. The number of nitrogens with zero attached hydrogens (tertiary/aromatic N) is 1. The number of likely N-dealkylation sites (tertiary alicyclic amines) is 1. The minimum Gasteiger partial charge on any atom is -0.493 e. The van der Waals surface area contributed by atoms with Gasteiger partial charge in [0.1, 0.15) is 0 Å². The van der Waals surface area contributed by atoms with Crippen LogP contribution in [-0.2, 0) is 31.0 Å². The quantitative estimate of drug-likeness (QED) is 0.341. The lowest BCUT2D eigenvalue weighted by Gasteiger charge is -2.62. The van der Waals surface area contributed by atoms with Crippen LogP contribution in [0.2, 0.25) is 0 Å². The van der Waals surface area contributed by atoms with Crippen LogP contribution in [0.3, 0.4) is 0 Å². The molecule has 2 aliphatic heterocycles. The number of aliphatic hydroxyl groups is 2. The van der Waals surface area contributed by atoms with E-state index in [0.29, 0.717) is 24.3 Å². The van der Waals surface area contributed by atoms with Crippen molar-refractivity contribution in [1.82, 2.24) is 4.90 Å². The molecule has 2 aliphatic carbocycles. The molecule has 5 rings (SSSR count). The van der Waals surface area contributed by atoms with Crippen LogP contribution >= 0.6 is 0 Å². The Morgan fingerprint density at radius 1 is 1.17 bits per heavy atom. The molecule has 1 aromatic rings. The molecule has 2 bridgehead atoms. The summed E-state index contributed by atoms with van der Waals surface area (Å²) in [7, 11) is 3.70. The molecule has 4 atom stereocenters. The van der Waals surface area contributed by atoms with E-state index in [2.05, 4.69) is 18.0 Å². The van der Waals surface area contributed by atoms with Gasteiger partial charge in [0.25, 0.3) is 0 Å². The molecule has 196 valence electrons. The van der Waals surface area contributed by atoms with Crippen molar-refractivity contribution in [2.75, 3.05) is 20.7 Å². The lowest BCUT2D eigenvalue weighted by atomic mass is 9.49. The minimum absolute atomic E-state index is 0.0438. The number of ketones is 1. The topological polar surface area (TPSA) is 191 Å². The largest absolute Gasteiger partial charge is 0.493 e. The fourth-order valence-electron chi connectivity index (χ4n) is 6.40. The number of carboxylic acid groups (broad SMARTS) is 3. The third-order valence-electron chi connectivity index (χ3n) is 8.02. The van der Waals surface area contributed by atoms with E-state index in [1.54, 1.807) is 7.11 Å². The van der Waals surface area contributed by atoms with Crippen LogP contribution in [0.4, 0.5) is 0 Å². The second-order valence-electron chi connectivity index (χ2n) is 9.92. The fourth-order valence-corrected chi connectivity index (χ4v) is 6.40. The molecule has 2 fully saturated rings. The third kappa shape index (κ3) is 3.62. The van der Waals surface area contributed by atoms with Crippen molar-refractivity contribution >= 4 is 23.7 Å². The molecule has 4 aliphatic rings. The van der Waals surface area contributed by atoms with Crippen LogP contribution < -0.4 is 9.47 Å². The van der Waals surface area contributed by atoms with Gasteiger partial charge in [0.2, 0.25) is 0 Å². The summed E-state index contributed by atoms with van der Waals surface area (Å²) in [5, 5.41) is 45.6. The highest BCUT2D eigenvalue weighted by Gasteiger charge is 2.72. The molecular weight excluding hydrogens is 478 g/mol. The van der Waals surface area contributed by atoms with Crippen molar-refractivity contribution in [3.63, 3.8) is 0 Å². The van der Waals surface area contributed by atoms with Gasteiger partial charge in [-0.3, -0.25) is 14.4 Å². The van der Waals surface area contributed by atoms with Crippen LogP contribution in [0.5, 0.6) is 11.5 Å². The Bertz CT molecular complexity index is 1120. The van der Waals surface area contributed by atoms with Crippen molar-refractivity contribution < 1.29 is 54.2 Å². The van der Waals surface area contributed by atoms with E-state index < -0.39 is 53.5 Å². The highest BCUT2D eigenvalue weighted by atomic mass is 16.5. The molecular formula is C24H29NO11. The van der Waals surface area contributed by atoms with Crippen LogP contribution in [-0.4, -0.2) is 98.2 Å². The number of carbonyl (C=O) groups excluding carboxylic acids is 1. The number of benzene rings is 1. The first-order valence-corrected chi connectivity index (χ1v) is 11.5. The maximum atomic E-state index is 12.7. The summed E-state index contributed by atoms with van der Waals surface area (Å²) in [5.74, 6) is -3.55. The number of ether oxygens (including phenoxy) is 2. The van der Waals surface area contributed by atoms with Crippen LogP contribution in [0.15, 0.2) is 12.1 Å². The first-order valence-electron chi connectivity index (χ1n) is 11.5. The summed E-state index contributed by atoms with van der Waals surface area (Å²) >= 11 is 0. The van der Waals surface area contributed by atoms with Gasteiger partial charge in [0.15, 0.2) is 29.0 Å². The predicted molar refractivity (Wildman–Crippen MR) is 120 cm³/mol. The number of piperidine rings is 1. The fraction of sp³-hybridized carbons (Fsp3) is 0.583. The number of likely N-dealkylation sites (N-methyl/N-ethyl adjacent to an activating group) is 1. The average molecular weight is 507 g/mol. The van der Waals surface area contributed by atoms with E-state index >= 15 is 0 Å². The second-order valence-corrected chi connectivity index (χ2v) is 9.92. The number of rotatable bonds is 6. The van der Waals surface area contributed by atoms with Crippen LogP contribution in [0.1, 0.15) is 43.2 Å². The maximum Gasteiger partial charge on any atom is 0.336 e. The first-order chi connectivity index (χ1) is 16.8. The molecule has 1 aromatic carbocycles. The Hall–Kier alpha value is -3.22. The monoisotopic (exact) mass is 507 g/mol. The highest BCUT2D eigenvalue weighted by Crippen LogP contribution is 2.64. The molecule has 36 heavy (non-hydrogen) atoms. The van der Waals surface area contributed by atoms with Gasteiger partial charge in [-0.05, 0) is 44.5 Å². The van der Waals surface area contributed by atoms with Crippen molar-refractivity contribution in [2.45, 2.75) is 67.3 Å². The highest BCUT2D eigenvalue weighted by molar-refractivity contribution is 5.90. The summed E-state index contributed by atoms with van der Waals surface area (Å²) in [6.45, 7) is 0.871. The van der Waals surface area contributed by atoms with Gasteiger partial charge in [-0.25, -0.2) is 4.79 Å². The van der Waals surface area contributed by atoms with Crippen molar-refractivity contribution in [2.24, 2.45) is 0 Å². The molecule has 2 heterocycles. The summed E-state index contributed by atoms with van der Waals surface area (Å²) in [6.07, 6.45) is -0.396. The van der Waals surface area contributed by atoms with E-state index in [9.17, 15) is 24.3 Å². The minimum atomic E-state index is -2.74. The Morgan fingerprint density at radius 3 is 2.36 bits per heavy atom. The number of carbonyl (C=O) groups is 4. The average Bonchev–Trinajstić information content (AvgIpc) is 3.14. The van der Waals surface area contributed by atoms with E-state index in [4.69, 9.17) is 29.9 Å². The molecule has 12 heteroatoms. The third-order valence-corrected chi connectivity index (χ3v) is 8.02.